The summed E-state index contributed by atoms with van der Waals surface area (Å²) in [6, 6.07) is 2.46. The Balaban J connectivity index is 2.42. The van der Waals surface area contributed by atoms with Crippen molar-refractivity contribution in [1.29, 1.82) is 0 Å². The molecule has 0 amide bonds. The second-order valence-corrected chi connectivity index (χ2v) is 4.80. The first kappa shape index (κ1) is 12.8. The van der Waals surface area contributed by atoms with E-state index < -0.39 is 0 Å². The third-order valence-electron chi connectivity index (χ3n) is 2.99. The highest BCUT2D eigenvalue weighted by Gasteiger charge is 2.15. The van der Waals surface area contributed by atoms with E-state index >= 15 is 0 Å². The Morgan fingerprint density at radius 3 is 2.89 bits per heavy atom. The quantitative estimate of drug-likeness (QED) is 0.872. The van der Waals surface area contributed by atoms with Gasteiger partial charge in [0.25, 0.3) is 0 Å². The summed E-state index contributed by atoms with van der Waals surface area (Å²) < 4.78 is 1.88. The molecule has 0 saturated heterocycles. The van der Waals surface area contributed by atoms with Gasteiger partial charge in [0, 0.05) is 25.0 Å². The maximum atomic E-state index is 5.61. The number of hydrogen-bond acceptors (Lipinski definition) is 4. The van der Waals surface area contributed by atoms with Crippen molar-refractivity contribution < 1.29 is 0 Å². The van der Waals surface area contributed by atoms with Crippen molar-refractivity contribution >= 4 is 11.3 Å². The monoisotopic (exact) mass is 247 g/mol. The summed E-state index contributed by atoms with van der Waals surface area (Å²) in [4.78, 5) is 6.80. The van der Waals surface area contributed by atoms with Crippen LogP contribution in [0, 0.1) is 6.92 Å². The molecular formula is C13H21N5. The van der Waals surface area contributed by atoms with Crippen molar-refractivity contribution in [3.8, 4) is 0 Å². The Morgan fingerprint density at radius 1 is 1.44 bits per heavy atom. The SMILES string of the molecule is Cc1cc2c(N(CCCN)C(C)C)nccn2n1. The van der Waals surface area contributed by atoms with Crippen LogP contribution in [-0.2, 0) is 0 Å². The zero-order chi connectivity index (χ0) is 13.1. The van der Waals surface area contributed by atoms with Crippen molar-refractivity contribution in [3.05, 3.63) is 24.2 Å². The summed E-state index contributed by atoms with van der Waals surface area (Å²) in [5.41, 5.74) is 7.67. The van der Waals surface area contributed by atoms with Crippen LogP contribution in [0.2, 0.25) is 0 Å². The predicted molar refractivity (Wildman–Crippen MR) is 73.9 cm³/mol. The molecule has 0 fully saturated rings. The molecule has 5 heteroatoms. The second-order valence-electron chi connectivity index (χ2n) is 4.80. The summed E-state index contributed by atoms with van der Waals surface area (Å²) in [5.74, 6) is 0.988. The largest absolute Gasteiger partial charge is 0.352 e. The fourth-order valence-corrected chi connectivity index (χ4v) is 2.12. The number of aryl methyl sites for hydroxylation is 1. The van der Waals surface area contributed by atoms with Gasteiger partial charge in [0.1, 0.15) is 5.52 Å². The van der Waals surface area contributed by atoms with Crippen molar-refractivity contribution in [3.63, 3.8) is 0 Å². The van der Waals surface area contributed by atoms with Crippen LogP contribution in [0.3, 0.4) is 0 Å². The maximum Gasteiger partial charge on any atom is 0.154 e. The van der Waals surface area contributed by atoms with E-state index in [1.165, 1.54) is 0 Å². The highest BCUT2D eigenvalue weighted by molar-refractivity contribution is 5.69. The lowest BCUT2D eigenvalue weighted by molar-refractivity contribution is 0.649. The Hall–Kier alpha value is -1.62. The topological polar surface area (TPSA) is 59.5 Å². The van der Waals surface area contributed by atoms with E-state index in [9.17, 15) is 0 Å². The molecule has 5 nitrogen and oxygen atoms in total. The van der Waals surface area contributed by atoms with Gasteiger partial charge in [-0.15, -0.1) is 0 Å². The van der Waals surface area contributed by atoms with E-state index in [0.717, 1.165) is 30.0 Å². The molecule has 0 spiro atoms. The molecule has 0 bridgehead atoms. The molecule has 0 aliphatic rings. The van der Waals surface area contributed by atoms with Crippen LogP contribution in [-0.4, -0.2) is 33.7 Å². The highest BCUT2D eigenvalue weighted by atomic mass is 15.3. The lowest BCUT2D eigenvalue weighted by Gasteiger charge is -2.28. The molecule has 0 atom stereocenters. The van der Waals surface area contributed by atoms with Crippen LogP contribution in [0.15, 0.2) is 18.5 Å². The van der Waals surface area contributed by atoms with E-state index in [4.69, 9.17) is 5.73 Å². The second kappa shape index (κ2) is 5.35. The fraction of sp³-hybridized carbons (Fsp3) is 0.538. The van der Waals surface area contributed by atoms with Crippen molar-refractivity contribution in [2.45, 2.75) is 33.2 Å². The zero-order valence-electron chi connectivity index (χ0n) is 11.3. The minimum Gasteiger partial charge on any atom is -0.352 e. The summed E-state index contributed by atoms with van der Waals surface area (Å²) in [5, 5.41) is 4.42. The first-order valence-electron chi connectivity index (χ1n) is 6.41. The van der Waals surface area contributed by atoms with E-state index in [2.05, 4.69) is 34.9 Å². The van der Waals surface area contributed by atoms with Crippen LogP contribution in [0.4, 0.5) is 5.82 Å². The molecule has 2 aromatic rings. The Kier molecular flexibility index (Phi) is 3.81. The maximum absolute atomic E-state index is 5.61. The van der Waals surface area contributed by atoms with Gasteiger partial charge in [-0.1, -0.05) is 0 Å². The normalized spacial score (nSPS) is 11.4. The van der Waals surface area contributed by atoms with Crippen molar-refractivity contribution in [1.82, 2.24) is 14.6 Å². The number of aromatic nitrogens is 3. The van der Waals surface area contributed by atoms with Gasteiger partial charge < -0.3 is 10.6 Å². The average molecular weight is 247 g/mol. The highest BCUT2D eigenvalue weighted by Crippen LogP contribution is 2.21. The molecule has 98 valence electrons. The molecule has 0 aliphatic heterocycles. The Morgan fingerprint density at radius 2 is 2.22 bits per heavy atom. The van der Waals surface area contributed by atoms with Gasteiger partial charge in [-0.25, -0.2) is 9.50 Å². The lowest BCUT2D eigenvalue weighted by atomic mass is 10.2. The molecule has 2 N–H and O–H groups in total. The van der Waals surface area contributed by atoms with Crippen LogP contribution < -0.4 is 10.6 Å². The lowest BCUT2D eigenvalue weighted by Crippen LogP contribution is -2.33. The van der Waals surface area contributed by atoms with E-state index in [1.807, 2.05) is 17.6 Å². The van der Waals surface area contributed by atoms with Gasteiger partial charge in [-0.05, 0) is 39.8 Å². The Labute approximate surface area is 108 Å². The number of fused-ring (bicyclic) bond motifs is 1. The molecule has 2 rings (SSSR count). The fourth-order valence-electron chi connectivity index (χ4n) is 2.12. The molecule has 18 heavy (non-hydrogen) atoms. The number of nitrogens with two attached hydrogens (primary N) is 1. The summed E-state index contributed by atoms with van der Waals surface area (Å²) in [7, 11) is 0. The first-order chi connectivity index (χ1) is 8.63. The minimum atomic E-state index is 0.394. The van der Waals surface area contributed by atoms with E-state index in [-0.39, 0.29) is 0 Å². The van der Waals surface area contributed by atoms with E-state index in [1.54, 1.807) is 6.20 Å². The number of rotatable bonds is 5. The summed E-state index contributed by atoms with van der Waals surface area (Å²) >= 11 is 0. The molecule has 0 radical (unpaired) electrons. The molecule has 2 heterocycles. The third-order valence-corrected chi connectivity index (χ3v) is 2.99. The molecule has 0 aliphatic carbocycles. The summed E-state index contributed by atoms with van der Waals surface area (Å²) in [6.07, 6.45) is 4.65. The summed E-state index contributed by atoms with van der Waals surface area (Å²) in [6.45, 7) is 7.96. The zero-order valence-corrected chi connectivity index (χ0v) is 11.3. The number of hydrogen-bond donors (Lipinski definition) is 1. The van der Waals surface area contributed by atoms with Crippen LogP contribution in [0.25, 0.3) is 5.52 Å². The van der Waals surface area contributed by atoms with Gasteiger partial charge >= 0.3 is 0 Å². The van der Waals surface area contributed by atoms with Gasteiger partial charge in [-0.2, -0.15) is 5.10 Å². The minimum absolute atomic E-state index is 0.394. The van der Waals surface area contributed by atoms with Crippen LogP contribution in [0.1, 0.15) is 26.0 Å². The third kappa shape index (κ3) is 2.46. The van der Waals surface area contributed by atoms with Gasteiger partial charge in [-0.3, -0.25) is 0 Å². The standard InChI is InChI=1S/C13H21N5/c1-10(2)17(7-4-5-14)13-12-9-11(3)16-18(12)8-6-15-13/h6,8-10H,4-5,7,14H2,1-3H3. The molecular weight excluding hydrogens is 226 g/mol. The molecule has 0 saturated carbocycles. The molecule has 2 aromatic heterocycles. The van der Waals surface area contributed by atoms with Gasteiger partial charge in [0.2, 0.25) is 0 Å². The van der Waals surface area contributed by atoms with Crippen LogP contribution in [0.5, 0.6) is 0 Å². The Bertz CT molecular complexity index is 517. The van der Waals surface area contributed by atoms with Crippen molar-refractivity contribution in [2.75, 3.05) is 18.0 Å². The van der Waals surface area contributed by atoms with E-state index in [0.29, 0.717) is 12.6 Å². The predicted octanol–water partition coefficient (Wildman–Crippen LogP) is 1.60. The number of anilines is 1. The van der Waals surface area contributed by atoms with Gasteiger partial charge in [0.05, 0.1) is 5.69 Å². The smallest absolute Gasteiger partial charge is 0.154 e. The van der Waals surface area contributed by atoms with Crippen molar-refractivity contribution in [2.24, 2.45) is 5.73 Å². The molecule has 0 unspecified atom stereocenters. The molecule has 0 aromatic carbocycles. The average Bonchev–Trinajstić information content (AvgIpc) is 2.70. The first-order valence-corrected chi connectivity index (χ1v) is 6.41. The van der Waals surface area contributed by atoms with Gasteiger partial charge in [0.15, 0.2) is 5.82 Å². The van der Waals surface area contributed by atoms with Crippen LogP contribution >= 0.6 is 0 Å². The number of nitrogens with zero attached hydrogens (tertiary/aromatic N) is 4.